The third-order valence-corrected chi connectivity index (χ3v) is 7.32. The number of para-hydroxylation sites is 1. The third-order valence-electron chi connectivity index (χ3n) is 7.32. The number of carbonyl (C=O) groups excluding carboxylic acids is 2. The number of aliphatic hydroxyl groups is 1. The Bertz CT molecular complexity index is 1530. The molecule has 37 heavy (non-hydrogen) atoms. The summed E-state index contributed by atoms with van der Waals surface area (Å²) >= 11 is 0. The van der Waals surface area contributed by atoms with E-state index in [1.54, 1.807) is 29.2 Å². The summed E-state index contributed by atoms with van der Waals surface area (Å²) in [6, 6.07) is 21.5. The van der Waals surface area contributed by atoms with Gasteiger partial charge in [0.1, 0.15) is 6.04 Å². The van der Waals surface area contributed by atoms with Crippen molar-refractivity contribution in [2.24, 2.45) is 0 Å². The van der Waals surface area contributed by atoms with Gasteiger partial charge in [0, 0.05) is 35.2 Å². The number of nitro benzene ring substituents is 1. The van der Waals surface area contributed by atoms with E-state index in [1.165, 1.54) is 17.0 Å². The molecule has 3 heterocycles. The van der Waals surface area contributed by atoms with Crippen LogP contribution in [0.3, 0.4) is 0 Å². The molecule has 6 rings (SSSR count). The molecule has 1 fully saturated rings. The minimum absolute atomic E-state index is 0.00113. The van der Waals surface area contributed by atoms with Gasteiger partial charge < -0.3 is 19.9 Å². The van der Waals surface area contributed by atoms with Crippen LogP contribution in [0.2, 0.25) is 0 Å². The van der Waals surface area contributed by atoms with Gasteiger partial charge in [-0.25, -0.2) is 0 Å². The number of non-ortho nitro benzene ring substituents is 1. The highest BCUT2D eigenvalue weighted by atomic mass is 16.6. The Kier molecular flexibility index (Phi) is 5.49. The van der Waals surface area contributed by atoms with Crippen LogP contribution in [0.25, 0.3) is 10.9 Å². The molecule has 1 saturated heterocycles. The van der Waals surface area contributed by atoms with Crippen LogP contribution in [0.4, 0.5) is 5.69 Å². The van der Waals surface area contributed by atoms with E-state index in [4.69, 9.17) is 0 Å². The molecule has 0 spiro atoms. The quantitative estimate of drug-likeness (QED) is 0.324. The van der Waals surface area contributed by atoms with Gasteiger partial charge in [-0.05, 0) is 22.8 Å². The lowest BCUT2D eigenvalue weighted by Crippen LogP contribution is -2.63. The molecule has 186 valence electrons. The molecule has 4 aromatic rings. The van der Waals surface area contributed by atoms with Crippen molar-refractivity contribution in [3.05, 3.63) is 111 Å². The Balaban J connectivity index is 1.43. The molecule has 3 aromatic carbocycles. The average molecular weight is 497 g/mol. The molecule has 3 atom stereocenters. The predicted molar refractivity (Wildman–Crippen MR) is 136 cm³/mol. The summed E-state index contributed by atoms with van der Waals surface area (Å²) in [6.45, 7) is -0.179. The lowest BCUT2D eigenvalue weighted by atomic mass is 9.86. The zero-order chi connectivity index (χ0) is 25.7. The standard InChI is InChI=1S/C28H24N4O5/c33-24(17-7-2-1-3-8-17)15-30-16-25(34)31-23(28(30)35)14-21-20-11-4-5-12-22(20)29-26(21)27(31)18-9-6-10-19(13-18)32(36)37/h1-13,23-24,27,29,33H,14-16H2/t23-,24?,27?/m0/s1. The number of aromatic amines is 1. The minimum Gasteiger partial charge on any atom is -0.387 e. The van der Waals surface area contributed by atoms with Gasteiger partial charge in [0.25, 0.3) is 5.69 Å². The number of piperazine rings is 1. The van der Waals surface area contributed by atoms with E-state index in [-0.39, 0.29) is 30.6 Å². The molecule has 2 N–H and O–H groups in total. The molecule has 2 amide bonds. The maximum absolute atomic E-state index is 13.8. The van der Waals surface area contributed by atoms with Gasteiger partial charge in [0.15, 0.2) is 0 Å². The third kappa shape index (κ3) is 3.84. The fourth-order valence-corrected chi connectivity index (χ4v) is 5.62. The molecule has 0 aliphatic carbocycles. The van der Waals surface area contributed by atoms with Crippen LogP contribution >= 0.6 is 0 Å². The van der Waals surface area contributed by atoms with Gasteiger partial charge in [-0.1, -0.05) is 60.7 Å². The lowest BCUT2D eigenvalue weighted by Gasteiger charge is -2.47. The van der Waals surface area contributed by atoms with E-state index < -0.39 is 23.1 Å². The van der Waals surface area contributed by atoms with Gasteiger partial charge in [-0.3, -0.25) is 19.7 Å². The van der Waals surface area contributed by atoms with E-state index in [2.05, 4.69) is 4.98 Å². The first-order valence-electron chi connectivity index (χ1n) is 12.1. The monoisotopic (exact) mass is 496 g/mol. The number of nitro groups is 1. The highest BCUT2D eigenvalue weighted by Gasteiger charge is 2.48. The molecule has 2 aliphatic rings. The van der Waals surface area contributed by atoms with Crippen LogP contribution in [0, 0.1) is 10.1 Å². The maximum atomic E-state index is 13.8. The van der Waals surface area contributed by atoms with Crippen LogP contribution in [0.1, 0.15) is 34.5 Å². The number of aromatic nitrogens is 1. The normalized spacial score (nSPS) is 20.0. The molecule has 2 unspecified atom stereocenters. The molecular weight excluding hydrogens is 472 g/mol. The number of fused-ring (bicyclic) bond motifs is 4. The summed E-state index contributed by atoms with van der Waals surface area (Å²) in [4.78, 5) is 44.9. The van der Waals surface area contributed by atoms with Gasteiger partial charge in [0.05, 0.1) is 30.2 Å². The molecule has 0 saturated carbocycles. The number of H-pyrrole nitrogens is 1. The second kappa shape index (κ2) is 8.86. The van der Waals surface area contributed by atoms with E-state index in [1.807, 2.05) is 42.5 Å². The number of hydrogen-bond donors (Lipinski definition) is 2. The van der Waals surface area contributed by atoms with Crippen molar-refractivity contribution < 1.29 is 19.6 Å². The number of hydrogen-bond acceptors (Lipinski definition) is 5. The first kappa shape index (κ1) is 22.9. The van der Waals surface area contributed by atoms with Crippen LogP contribution in [-0.2, 0) is 16.0 Å². The van der Waals surface area contributed by atoms with Gasteiger partial charge >= 0.3 is 0 Å². The van der Waals surface area contributed by atoms with Crippen molar-refractivity contribution in [1.82, 2.24) is 14.8 Å². The molecular formula is C28H24N4O5. The Morgan fingerprint density at radius 3 is 2.57 bits per heavy atom. The van der Waals surface area contributed by atoms with Gasteiger partial charge in [0.2, 0.25) is 11.8 Å². The first-order valence-corrected chi connectivity index (χ1v) is 12.1. The van der Waals surface area contributed by atoms with Crippen LogP contribution < -0.4 is 0 Å². The Hall–Kier alpha value is -4.50. The maximum Gasteiger partial charge on any atom is 0.269 e. The fraction of sp³-hybridized carbons (Fsp3) is 0.214. The highest BCUT2D eigenvalue weighted by molar-refractivity contribution is 5.97. The van der Waals surface area contributed by atoms with Crippen LogP contribution in [0.15, 0.2) is 78.9 Å². The fourth-order valence-electron chi connectivity index (χ4n) is 5.62. The van der Waals surface area contributed by atoms with Gasteiger partial charge in [-0.2, -0.15) is 0 Å². The van der Waals surface area contributed by atoms with Crippen LogP contribution in [0.5, 0.6) is 0 Å². The molecule has 9 nitrogen and oxygen atoms in total. The van der Waals surface area contributed by atoms with E-state index in [0.29, 0.717) is 17.5 Å². The number of carbonyl (C=O) groups is 2. The topological polar surface area (TPSA) is 120 Å². The predicted octanol–water partition coefficient (Wildman–Crippen LogP) is 3.49. The Labute approximate surface area is 212 Å². The summed E-state index contributed by atoms with van der Waals surface area (Å²) in [5.41, 5.74) is 3.70. The number of rotatable bonds is 5. The lowest BCUT2D eigenvalue weighted by molar-refractivity contribution is -0.384. The SMILES string of the molecule is O=C1[C@@H]2Cc3c([nH]c4ccccc34)C(c3cccc([N+](=O)[O-])c3)N2C(=O)CN1CC(O)c1ccccc1. The molecule has 1 aromatic heterocycles. The van der Waals surface area contributed by atoms with Crippen molar-refractivity contribution in [1.29, 1.82) is 0 Å². The molecule has 0 bridgehead atoms. The molecule has 2 aliphatic heterocycles. The average Bonchev–Trinajstić information content (AvgIpc) is 3.29. The van der Waals surface area contributed by atoms with E-state index in [0.717, 1.165) is 22.2 Å². The van der Waals surface area contributed by atoms with Crippen molar-refractivity contribution in [3.8, 4) is 0 Å². The van der Waals surface area contributed by atoms with Gasteiger partial charge in [-0.15, -0.1) is 0 Å². The Morgan fingerprint density at radius 1 is 1.03 bits per heavy atom. The summed E-state index contributed by atoms with van der Waals surface area (Å²) in [7, 11) is 0. The molecule has 9 heteroatoms. The Morgan fingerprint density at radius 2 is 1.78 bits per heavy atom. The van der Waals surface area contributed by atoms with Crippen molar-refractivity contribution in [2.75, 3.05) is 13.1 Å². The van der Waals surface area contributed by atoms with Crippen LogP contribution in [-0.4, -0.2) is 55.8 Å². The van der Waals surface area contributed by atoms with E-state index in [9.17, 15) is 24.8 Å². The zero-order valence-corrected chi connectivity index (χ0v) is 19.8. The largest absolute Gasteiger partial charge is 0.387 e. The van der Waals surface area contributed by atoms with E-state index >= 15 is 0 Å². The number of benzene rings is 3. The number of nitrogens with one attached hydrogen (secondary N) is 1. The smallest absolute Gasteiger partial charge is 0.269 e. The van der Waals surface area contributed by atoms with Crippen molar-refractivity contribution in [2.45, 2.75) is 24.6 Å². The second-order valence-corrected chi connectivity index (χ2v) is 9.48. The zero-order valence-electron chi connectivity index (χ0n) is 19.8. The van der Waals surface area contributed by atoms with Crippen molar-refractivity contribution in [3.63, 3.8) is 0 Å². The number of nitrogens with zero attached hydrogens (tertiary/aromatic N) is 3. The highest BCUT2D eigenvalue weighted by Crippen LogP contribution is 2.43. The summed E-state index contributed by atoms with van der Waals surface area (Å²) in [5, 5.41) is 23.2. The number of amides is 2. The summed E-state index contributed by atoms with van der Waals surface area (Å²) in [5.74, 6) is -0.522. The summed E-state index contributed by atoms with van der Waals surface area (Å²) in [6.07, 6.45) is -0.614. The molecule has 0 radical (unpaired) electrons. The first-order chi connectivity index (χ1) is 17.9. The second-order valence-electron chi connectivity index (χ2n) is 9.48. The van der Waals surface area contributed by atoms with Crippen molar-refractivity contribution >= 4 is 28.4 Å². The minimum atomic E-state index is -0.927. The summed E-state index contributed by atoms with van der Waals surface area (Å²) < 4.78 is 0. The number of β-amino-alcohol motifs (C(OH)–C–C–N with tert-alkyl or cyclic N) is 1. The number of aliphatic hydroxyl groups excluding tert-OH is 1.